The fourth-order valence-corrected chi connectivity index (χ4v) is 1.86. The number of hydrogen-bond donors (Lipinski definition) is 1. The molecule has 0 bridgehead atoms. The van der Waals surface area contributed by atoms with Crippen molar-refractivity contribution < 1.29 is 4.39 Å². The standard InChI is InChI=1S/C14H11Cl2FN2/c1-9-5-6-10(7-13(9)16)19-18-8-11-12(15)3-2-4-14(11)17/h2-8,19H,1H3. The van der Waals surface area contributed by atoms with Crippen LogP contribution < -0.4 is 5.43 Å². The number of hydrogen-bond acceptors (Lipinski definition) is 2. The zero-order valence-corrected chi connectivity index (χ0v) is 11.6. The number of halogens is 3. The van der Waals surface area contributed by atoms with Gasteiger partial charge in [0, 0.05) is 10.6 Å². The van der Waals surface area contributed by atoms with Gasteiger partial charge in [-0.15, -0.1) is 0 Å². The third-order valence-corrected chi connectivity index (χ3v) is 3.30. The van der Waals surface area contributed by atoms with Crippen molar-refractivity contribution in [3.63, 3.8) is 0 Å². The van der Waals surface area contributed by atoms with E-state index in [4.69, 9.17) is 23.2 Å². The normalized spacial score (nSPS) is 10.9. The highest BCUT2D eigenvalue weighted by Gasteiger charge is 2.03. The lowest BCUT2D eigenvalue weighted by molar-refractivity contribution is 0.626. The molecule has 2 nitrogen and oxygen atoms in total. The fraction of sp³-hybridized carbons (Fsp3) is 0.0714. The first-order valence-electron chi connectivity index (χ1n) is 5.57. The van der Waals surface area contributed by atoms with E-state index in [0.29, 0.717) is 10.0 Å². The number of nitrogens with one attached hydrogen (secondary N) is 1. The second-order valence-corrected chi connectivity index (χ2v) is 4.78. The average Bonchev–Trinajstić information content (AvgIpc) is 2.37. The SMILES string of the molecule is Cc1ccc(NN=Cc2c(F)cccc2Cl)cc1Cl. The third kappa shape index (κ3) is 3.46. The van der Waals surface area contributed by atoms with Gasteiger partial charge in [-0.05, 0) is 36.8 Å². The first-order chi connectivity index (χ1) is 9.08. The summed E-state index contributed by atoms with van der Waals surface area (Å²) in [6, 6.07) is 9.93. The molecular formula is C14H11Cl2FN2. The molecule has 0 saturated carbocycles. The molecule has 0 unspecified atom stereocenters. The van der Waals surface area contributed by atoms with Gasteiger partial charge in [0.2, 0.25) is 0 Å². The molecule has 0 aliphatic carbocycles. The number of hydrazone groups is 1. The van der Waals surface area contributed by atoms with Gasteiger partial charge in [-0.3, -0.25) is 5.43 Å². The van der Waals surface area contributed by atoms with E-state index in [1.807, 2.05) is 19.1 Å². The molecule has 0 aromatic heterocycles. The van der Waals surface area contributed by atoms with Crippen LogP contribution in [0.15, 0.2) is 41.5 Å². The number of rotatable bonds is 3. The molecule has 0 saturated heterocycles. The Kier molecular flexibility index (Phi) is 4.40. The Hall–Kier alpha value is -1.58. The summed E-state index contributed by atoms with van der Waals surface area (Å²) in [7, 11) is 0. The van der Waals surface area contributed by atoms with Gasteiger partial charge in [-0.1, -0.05) is 35.3 Å². The molecule has 0 fully saturated rings. The summed E-state index contributed by atoms with van der Waals surface area (Å²) in [5.41, 5.74) is 4.72. The van der Waals surface area contributed by atoms with Crippen LogP contribution in [-0.4, -0.2) is 6.21 Å². The molecule has 0 heterocycles. The third-order valence-electron chi connectivity index (χ3n) is 2.56. The molecule has 0 aliphatic heterocycles. The minimum atomic E-state index is -0.417. The van der Waals surface area contributed by atoms with Gasteiger partial charge in [0.25, 0.3) is 0 Å². The summed E-state index contributed by atoms with van der Waals surface area (Å²) in [5, 5.41) is 4.90. The highest BCUT2D eigenvalue weighted by molar-refractivity contribution is 6.33. The molecule has 0 amide bonds. The van der Waals surface area contributed by atoms with Gasteiger partial charge in [-0.2, -0.15) is 5.10 Å². The van der Waals surface area contributed by atoms with Crippen molar-refractivity contribution in [2.45, 2.75) is 6.92 Å². The van der Waals surface area contributed by atoms with Crippen molar-refractivity contribution in [1.82, 2.24) is 0 Å². The minimum absolute atomic E-state index is 0.245. The lowest BCUT2D eigenvalue weighted by Gasteiger charge is -2.03. The van der Waals surface area contributed by atoms with Crippen LogP contribution in [0.4, 0.5) is 10.1 Å². The lowest BCUT2D eigenvalue weighted by Crippen LogP contribution is -1.94. The summed E-state index contributed by atoms with van der Waals surface area (Å²) in [4.78, 5) is 0. The number of nitrogens with zero attached hydrogens (tertiary/aromatic N) is 1. The Bertz CT molecular complexity index is 607. The smallest absolute Gasteiger partial charge is 0.133 e. The van der Waals surface area contributed by atoms with Gasteiger partial charge in [0.05, 0.1) is 16.9 Å². The number of aryl methyl sites for hydroxylation is 1. The number of benzene rings is 2. The largest absolute Gasteiger partial charge is 0.278 e. The van der Waals surface area contributed by atoms with Crippen LogP contribution in [0.3, 0.4) is 0 Å². The lowest BCUT2D eigenvalue weighted by atomic mass is 10.2. The zero-order valence-electron chi connectivity index (χ0n) is 10.1. The molecule has 0 atom stereocenters. The van der Waals surface area contributed by atoms with E-state index >= 15 is 0 Å². The van der Waals surface area contributed by atoms with Gasteiger partial charge < -0.3 is 0 Å². The molecular weight excluding hydrogens is 286 g/mol. The molecule has 2 rings (SSSR count). The molecule has 0 spiro atoms. The van der Waals surface area contributed by atoms with Crippen LogP contribution in [0.5, 0.6) is 0 Å². The van der Waals surface area contributed by atoms with Crippen molar-refractivity contribution in [2.75, 3.05) is 5.43 Å². The molecule has 98 valence electrons. The van der Waals surface area contributed by atoms with E-state index in [9.17, 15) is 4.39 Å². The van der Waals surface area contributed by atoms with E-state index in [0.717, 1.165) is 11.3 Å². The fourth-order valence-electron chi connectivity index (χ4n) is 1.47. The Morgan fingerprint density at radius 1 is 1.16 bits per heavy atom. The summed E-state index contributed by atoms with van der Waals surface area (Å²) in [6.07, 6.45) is 1.34. The second kappa shape index (κ2) is 6.04. The van der Waals surface area contributed by atoms with Crippen molar-refractivity contribution in [2.24, 2.45) is 5.10 Å². The summed E-state index contributed by atoms with van der Waals surface area (Å²) >= 11 is 11.9. The Balaban J connectivity index is 2.13. The topological polar surface area (TPSA) is 24.4 Å². The van der Waals surface area contributed by atoms with E-state index in [1.165, 1.54) is 12.3 Å². The monoisotopic (exact) mass is 296 g/mol. The van der Waals surface area contributed by atoms with Crippen molar-refractivity contribution in [3.05, 3.63) is 63.4 Å². The predicted octanol–water partition coefficient (Wildman–Crippen LogP) is 4.89. The summed E-state index contributed by atoms with van der Waals surface area (Å²) in [6.45, 7) is 1.91. The maximum atomic E-state index is 13.5. The van der Waals surface area contributed by atoms with E-state index < -0.39 is 5.82 Å². The Labute approximate surface area is 120 Å². The minimum Gasteiger partial charge on any atom is -0.278 e. The second-order valence-electron chi connectivity index (χ2n) is 3.97. The van der Waals surface area contributed by atoms with Gasteiger partial charge in [0.1, 0.15) is 5.82 Å². The van der Waals surface area contributed by atoms with Gasteiger partial charge in [-0.25, -0.2) is 4.39 Å². The van der Waals surface area contributed by atoms with E-state index in [1.54, 1.807) is 18.2 Å². The predicted molar refractivity (Wildman–Crippen MR) is 78.8 cm³/mol. The van der Waals surface area contributed by atoms with Crippen LogP contribution in [0.1, 0.15) is 11.1 Å². The van der Waals surface area contributed by atoms with Crippen molar-refractivity contribution in [1.29, 1.82) is 0 Å². The van der Waals surface area contributed by atoms with Crippen molar-refractivity contribution in [3.8, 4) is 0 Å². The molecule has 0 radical (unpaired) electrons. The zero-order chi connectivity index (χ0) is 13.8. The van der Waals surface area contributed by atoms with Crippen LogP contribution in [-0.2, 0) is 0 Å². The summed E-state index contributed by atoms with van der Waals surface area (Å²) in [5.74, 6) is -0.417. The first-order valence-corrected chi connectivity index (χ1v) is 6.33. The molecule has 2 aromatic carbocycles. The van der Waals surface area contributed by atoms with Crippen LogP contribution in [0.25, 0.3) is 0 Å². The average molecular weight is 297 g/mol. The summed E-state index contributed by atoms with van der Waals surface area (Å²) < 4.78 is 13.5. The Morgan fingerprint density at radius 2 is 1.95 bits per heavy atom. The van der Waals surface area contributed by atoms with Crippen LogP contribution in [0, 0.1) is 12.7 Å². The highest BCUT2D eigenvalue weighted by atomic mass is 35.5. The molecule has 2 aromatic rings. The Morgan fingerprint density at radius 3 is 2.63 bits per heavy atom. The number of anilines is 1. The van der Waals surface area contributed by atoms with E-state index in [-0.39, 0.29) is 5.56 Å². The van der Waals surface area contributed by atoms with Crippen LogP contribution in [0.2, 0.25) is 10.0 Å². The van der Waals surface area contributed by atoms with Crippen LogP contribution >= 0.6 is 23.2 Å². The highest BCUT2D eigenvalue weighted by Crippen LogP contribution is 2.20. The maximum absolute atomic E-state index is 13.5. The first kappa shape index (κ1) is 13.8. The molecule has 0 aliphatic rings. The van der Waals surface area contributed by atoms with Gasteiger partial charge in [0.15, 0.2) is 0 Å². The quantitative estimate of drug-likeness (QED) is 0.633. The van der Waals surface area contributed by atoms with Gasteiger partial charge >= 0.3 is 0 Å². The maximum Gasteiger partial charge on any atom is 0.133 e. The molecule has 1 N–H and O–H groups in total. The molecule has 5 heteroatoms. The van der Waals surface area contributed by atoms with E-state index in [2.05, 4.69) is 10.5 Å². The molecule has 19 heavy (non-hydrogen) atoms. The van der Waals surface area contributed by atoms with Crippen molar-refractivity contribution >= 4 is 35.1 Å².